The number of carbonyl (C=O) groups excluding carboxylic acids is 3. The number of aliphatic hydroxyl groups is 2. The van der Waals surface area contributed by atoms with Gasteiger partial charge in [0.15, 0.2) is 0 Å². The molecule has 2 atom stereocenters. The fourth-order valence-corrected chi connectivity index (χ4v) is 3.99. The van der Waals surface area contributed by atoms with Crippen molar-refractivity contribution in [1.82, 2.24) is 10.2 Å². The van der Waals surface area contributed by atoms with E-state index in [9.17, 15) is 19.5 Å². The molecule has 32 heavy (non-hydrogen) atoms. The number of amides is 3. The van der Waals surface area contributed by atoms with Crippen molar-refractivity contribution in [2.24, 2.45) is 5.92 Å². The van der Waals surface area contributed by atoms with Gasteiger partial charge in [0.25, 0.3) is 6.47 Å². The second-order valence-corrected chi connectivity index (χ2v) is 7.81. The van der Waals surface area contributed by atoms with Crippen molar-refractivity contribution < 1.29 is 34.5 Å². The number of rotatable bonds is 7. The number of carboxylic acid groups (broad SMARTS) is 1. The van der Waals surface area contributed by atoms with Crippen LogP contribution in [0.15, 0.2) is 18.2 Å². The molecule has 1 heterocycles. The van der Waals surface area contributed by atoms with Crippen molar-refractivity contribution in [1.29, 1.82) is 0 Å². The van der Waals surface area contributed by atoms with E-state index >= 15 is 0 Å². The van der Waals surface area contributed by atoms with E-state index in [0.29, 0.717) is 13.0 Å². The molecule has 1 aromatic carbocycles. The van der Waals surface area contributed by atoms with Gasteiger partial charge in [-0.15, -0.1) is 0 Å². The Morgan fingerprint density at radius 2 is 1.88 bits per heavy atom. The number of carbonyl (C=O) groups is 4. The first-order chi connectivity index (χ1) is 15.4. The maximum atomic E-state index is 12.5. The number of anilines is 1. The maximum absolute atomic E-state index is 12.5. The van der Waals surface area contributed by atoms with Crippen LogP contribution < -0.4 is 10.6 Å². The second-order valence-electron chi connectivity index (χ2n) is 7.81. The molecule has 1 fully saturated rings. The van der Waals surface area contributed by atoms with E-state index in [0.717, 1.165) is 24.9 Å². The largest absolute Gasteiger partial charge is 0.483 e. The SMILES string of the molecule is O=C(CCC(=O)N1CC[C@@H](O)[C@@H](C(=O)NCCO)C1)Nc1ccc2c(c1)CCC2.O=CO. The maximum Gasteiger partial charge on any atom is 0.290 e. The Kier molecular flexibility index (Phi) is 10.1. The molecule has 3 rings (SSSR count). The number of hydrogen-bond acceptors (Lipinski definition) is 6. The van der Waals surface area contributed by atoms with E-state index in [4.69, 9.17) is 15.0 Å². The number of aryl methyl sites for hydroxylation is 2. The first-order valence-corrected chi connectivity index (χ1v) is 10.7. The van der Waals surface area contributed by atoms with Gasteiger partial charge < -0.3 is 30.9 Å². The van der Waals surface area contributed by atoms with Crippen LogP contribution in [-0.2, 0) is 32.0 Å². The monoisotopic (exact) mass is 449 g/mol. The van der Waals surface area contributed by atoms with Crippen LogP contribution in [0, 0.1) is 5.92 Å². The van der Waals surface area contributed by atoms with Gasteiger partial charge in [0.2, 0.25) is 17.7 Å². The van der Waals surface area contributed by atoms with Gasteiger partial charge in [-0.25, -0.2) is 0 Å². The van der Waals surface area contributed by atoms with Crippen LogP contribution in [0.25, 0.3) is 0 Å². The fourth-order valence-electron chi connectivity index (χ4n) is 3.99. The third-order valence-corrected chi connectivity index (χ3v) is 5.63. The Bertz CT molecular complexity index is 815. The summed E-state index contributed by atoms with van der Waals surface area (Å²) in [4.78, 5) is 46.7. The highest BCUT2D eigenvalue weighted by atomic mass is 16.3. The third kappa shape index (κ3) is 7.31. The molecule has 1 aliphatic heterocycles. The van der Waals surface area contributed by atoms with E-state index in [1.165, 1.54) is 16.0 Å². The molecule has 0 saturated carbocycles. The van der Waals surface area contributed by atoms with Gasteiger partial charge in [0.05, 0.1) is 18.6 Å². The number of aliphatic hydroxyl groups excluding tert-OH is 2. The molecule has 10 heteroatoms. The minimum absolute atomic E-state index is 0.0534. The average molecular weight is 450 g/mol. The zero-order valence-electron chi connectivity index (χ0n) is 18.0. The molecular weight excluding hydrogens is 418 g/mol. The molecule has 2 aliphatic rings. The minimum Gasteiger partial charge on any atom is -0.483 e. The Labute approximate surface area is 186 Å². The predicted octanol–water partition coefficient (Wildman–Crippen LogP) is -0.0873. The van der Waals surface area contributed by atoms with Crippen LogP contribution in [-0.4, -0.2) is 76.8 Å². The van der Waals surface area contributed by atoms with Gasteiger partial charge >= 0.3 is 0 Å². The topological polar surface area (TPSA) is 156 Å². The lowest BCUT2D eigenvalue weighted by molar-refractivity contribution is -0.141. The Balaban J connectivity index is 0.00000114. The van der Waals surface area contributed by atoms with Crippen molar-refractivity contribution >= 4 is 29.9 Å². The number of benzene rings is 1. The molecule has 10 nitrogen and oxygen atoms in total. The van der Waals surface area contributed by atoms with Crippen LogP contribution in [0.2, 0.25) is 0 Å². The van der Waals surface area contributed by atoms with Gasteiger partial charge in [0.1, 0.15) is 0 Å². The fraction of sp³-hybridized carbons (Fsp3) is 0.545. The molecule has 1 aliphatic carbocycles. The first-order valence-electron chi connectivity index (χ1n) is 10.7. The van der Waals surface area contributed by atoms with Crippen LogP contribution >= 0.6 is 0 Å². The molecule has 0 bridgehead atoms. The molecule has 0 unspecified atom stereocenters. The zero-order chi connectivity index (χ0) is 23.5. The Hall–Kier alpha value is -2.98. The number of nitrogens with zero attached hydrogens (tertiary/aromatic N) is 1. The quantitative estimate of drug-likeness (QED) is 0.364. The van der Waals surface area contributed by atoms with Crippen LogP contribution in [0.3, 0.4) is 0 Å². The normalized spacial score (nSPS) is 19.2. The van der Waals surface area contributed by atoms with Gasteiger partial charge in [-0.05, 0) is 48.9 Å². The summed E-state index contributed by atoms with van der Waals surface area (Å²) in [7, 11) is 0. The summed E-state index contributed by atoms with van der Waals surface area (Å²) in [6, 6.07) is 5.94. The van der Waals surface area contributed by atoms with Crippen molar-refractivity contribution in [2.45, 2.75) is 44.6 Å². The van der Waals surface area contributed by atoms with Gasteiger partial charge in [-0.3, -0.25) is 19.2 Å². The molecule has 1 saturated heterocycles. The van der Waals surface area contributed by atoms with Crippen molar-refractivity contribution in [3.63, 3.8) is 0 Å². The average Bonchev–Trinajstić information content (AvgIpc) is 3.24. The lowest BCUT2D eigenvalue weighted by Gasteiger charge is -2.35. The molecule has 5 N–H and O–H groups in total. The highest BCUT2D eigenvalue weighted by Gasteiger charge is 2.34. The molecule has 176 valence electrons. The summed E-state index contributed by atoms with van der Waals surface area (Å²) >= 11 is 0. The molecule has 3 amide bonds. The predicted molar refractivity (Wildman–Crippen MR) is 116 cm³/mol. The van der Waals surface area contributed by atoms with Crippen molar-refractivity contribution in [3.8, 4) is 0 Å². The number of nitrogens with one attached hydrogen (secondary N) is 2. The Morgan fingerprint density at radius 1 is 1.16 bits per heavy atom. The molecular formula is C22H31N3O7. The van der Waals surface area contributed by atoms with E-state index in [-0.39, 0.29) is 56.7 Å². The van der Waals surface area contributed by atoms with Gasteiger partial charge in [-0.2, -0.15) is 0 Å². The number of hydrogen-bond donors (Lipinski definition) is 5. The lowest BCUT2D eigenvalue weighted by atomic mass is 9.93. The highest BCUT2D eigenvalue weighted by Crippen LogP contribution is 2.25. The molecule has 1 aromatic rings. The molecule has 0 radical (unpaired) electrons. The summed E-state index contributed by atoms with van der Waals surface area (Å²) in [5.74, 6) is -1.52. The lowest BCUT2D eigenvalue weighted by Crippen LogP contribution is -2.51. The standard InChI is InChI=1S/C21H29N3O5.CH2O2/c25-11-9-22-21(29)17-13-24(10-8-18(17)26)20(28)7-6-19(27)23-16-5-4-14-2-1-3-15(14)12-16;2-1-3/h4-5,12,17-18,25-26H,1-3,6-11,13H2,(H,22,29)(H,23,27);1H,(H,2,3)/t17-,18+;/m0./s1. The van der Waals surface area contributed by atoms with Crippen LogP contribution in [0.1, 0.15) is 36.8 Å². The summed E-state index contributed by atoms with van der Waals surface area (Å²) in [6.45, 7) is 0.148. The molecule has 0 aromatic heterocycles. The van der Waals surface area contributed by atoms with Crippen molar-refractivity contribution in [3.05, 3.63) is 29.3 Å². The summed E-state index contributed by atoms with van der Waals surface area (Å²) in [5.41, 5.74) is 3.36. The summed E-state index contributed by atoms with van der Waals surface area (Å²) in [6.07, 6.45) is 2.87. The summed E-state index contributed by atoms with van der Waals surface area (Å²) in [5, 5.41) is 31.1. The zero-order valence-corrected chi connectivity index (χ0v) is 18.0. The van der Waals surface area contributed by atoms with E-state index < -0.39 is 12.0 Å². The van der Waals surface area contributed by atoms with E-state index in [1.807, 2.05) is 18.2 Å². The van der Waals surface area contributed by atoms with E-state index in [1.54, 1.807) is 0 Å². The first kappa shape index (κ1) is 25.3. The minimum atomic E-state index is -0.819. The number of likely N-dealkylation sites (tertiary alicyclic amines) is 1. The van der Waals surface area contributed by atoms with Gasteiger partial charge in [-0.1, -0.05) is 6.07 Å². The van der Waals surface area contributed by atoms with Crippen molar-refractivity contribution in [2.75, 3.05) is 31.6 Å². The van der Waals surface area contributed by atoms with Crippen LogP contribution in [0.4, 0.5) is 5.69 Å². The summed E-state index contributed by atoms with van der Waals surface area (Å²) < 4.78 is 0. The number of piperidine rings is 1. The van der Waals surface area contributed by atoms with Crippen LogP contribution in [0.5, 0.6) is 0 Å². The smallest absolute Gasteiger partial charge is 0.290 e. The third-order valence-electron chi connectivity index (χ3n) is 5.63. The molecule has 0 spiro atoms. The Morgan fingerprint density at radius 3 is 2.59 bits per heavy atom. The second kappa shape index (κ2) is 12.8. The number of fused-ring (bicyclic) bond motifs is 1. The highest BCUT2D eigenvalue weighted by molar-refractivity contribution is 5.93. The van der Waals surface area contributed by atoms with E-state index in [2.05, 4.69) is 10.6 Å². The van der Waals surface area contributed by atoms with Gasteiger partial charge in [0, 0.05) is 38.2 Å².